The van der Waals surface area contributed by atoms with Gasteiger partial charge in [-0.3, -0.25) is 4.79 Å². The summed E-state index contributed by atoms with van der Waals surface area (Å²) < 4.78 is 0. The van der Waals surface area contributed by atoms with Gasteiger partial charge in [-0.15, -0.1) is 0 Å². The van der Waals surface area contributed by atoms with Crippen LogP contribution in [0.5, 0.6) is 0 Å². The van der Waals surface area contributed by atoms with Crippen LogP contribution in [0.2, 0.25) is 0 Å². The lowest BCUT2D eigenvalue weighted by Gasteiger charge is -2.26. The summed E-state index contributed by atoms with van der Waals surface area (Å²) >= 11 is 0. The molecular formula is C54H101NO4. The monoisotopic (exact) mass is 828 g/mol. The van der Waals surface area contributed by atoms with E-state index in [0.717, 1.165) is 57.8 Å². The Balaban J connectivity index is 3.67. The Labute approximate surface area is 367 Å². The van der Waals surface area contributed by atoms with Crippen LogP contribution in [0.25, 0.3) is 0 Å². The van der Waals surface area contributed by atoms with Crippen LogP contribution >= 0.6 is 0 Å². The molecule has 0 aliphatic heterocycles. The van der Waals surface area contributed by atoms with Crippen molar-refractivity contribution in [1.82, 2.24) is 5.32 Å². The summed E-state index contributed by atoms with van der Waals surface area (Å²) in [5.41, 5.74) is 0. The molecule has 0 saturated heterocycles. The first-order chi connectivity index (χ1) is 29.1. The Hall–Kier alpha value is -1.69. The number of amides is 1. The predicted molar refractivity (Wildman–Crippen MR) is 259 cm³/mol. The van der Waals surface area contributed by atoms with Gasteiger partial charge in [-0.1, -0.05) is 223 Å². The number of rotatable bonds is 47. The van der Waals surface area contributed by atoms with Gasteiger partial charge in [0.15, 0.2) is 0 Å². The number of hydrogen-bond donors (Lipinski definition) is 4. The van der Waals surface area contributed by atoms with Crippen molar-refractivity contribution in [2.45, 2.75) is 283 Å². The molecule has 59 heavy (non-hydrogen) atoms. The van der Waals surface area contributed by atoms with E-state index in [2.05, 4.69) is 67.8 Å². The summed E-state index contributed by atoms with van der Waals surface area (Å²) in [6, 6.07) is -0.839. The van der Waals surface area contributed by atoms with Crippen LogP contribution in [0.4, 0.5) is 0 Å². The van der Waals surface area contributed by atoms with Crippen molar-refractivity contribution in [2.75, 3.05) is 6.61 Å². The molecule has 1 amide bonds. The van der Waals surface area contributed by atoms with E-state index in [1.54, 1.807) is 0 Å². The average molecular weight is 828 g/mol. The molecular weight excluding hydrogens is 727 g/mol. The molecule has 0 aromatic rings. The molecule has 5 heteroatoms. The molecule has 0 rings (SSSR count). The Morgan fingerprint density at radius 1 is 0.424 bits per heavy atom. The first-order valence-corrected chi connectivity index (χ1v) is 25.9. The Kier molecular flexibility index (Phi) is 47.6. The van der Waals surface area contributed by atoms with Crippen molar-refractivity contribution in [2.24, 2.45) is 0 Å². The molecule has 0 saturated carbocycles. The number of aliphatic hydroxyl groups is 3. The zero-order valence-corrected chi connectivity index (χ0v) is 39.4. The topological polar surface area (TPSA) is 89.8 Å². The summed E-state index contributed by atoms with van der Waals surface area (Å²) in [5.74, 6) is -0.165. The molecule has 0 spiro atoms. The maximum atomic E-state index is 12.5. The van der Waals surface area contributed by atoms with E-state index in [4.69, 9.17) is 0 Å². The van der Waals surface area contributed by atoms with Gasteiger partial charge >= 0.3 is 0 Å². The zero-order valence-electron chi connectivity index (χ0n) is 39.4. The maximum Gasteiger partial charge on any atom is 0.220 e. The van der Waals surface area contributed by atoms with Crippen LogP contribution in [0, 0.1) is 0 Å². The summed E-state index contributed by atoms with van der Waals surface area (Å²) in [7, 11) is 0. The molecule has 0 fully saturated rings. The standard InChI is InChI=1S/C54H101NO4/c1-3-5-7-9-11-13-15-17-19-21-23-25-27-29-31-33-35-37-39-41-43-45-47-49-53(58)55-51(50-56)54(59)52(57)48-46-44-42-40-38-36-34-32-30-28-26-24-22-20-18-16-14-12-10-8-6-4-2/h23,25,29,31-32,34,40,42,51-52,54,56-57,59H,3-22,24,26-28,30,33,35-39,41,43-50H2,1-2H3,(H,55,58)/b25-23-,31-29-,34-32+,42-40+. The molecule has 3 atom stereocenters. The van der Waals surface area contributed by atoms with Gasteiger partial charge in [0.25, 0.3) is 0 Å². The fraction of sp³-hybridized carbons (Fsp3) is 0.833. The Bertz CT molecular complexity index is 958. The number of carbonyl (C=O) groups excluding carboxylic acids is 1. The summed E-state index contributed by atoms with van der Waals surface area (Å²) in [6.07, 6.45) is 63.9. The molecule has 5 nitrogen and oxygen atoms in total. The molecule has 3 unspecified atom stereocenters. The van der Waals surface area contributed by atoms with Gasteiger partial charge in [0.2, 0.25) is 5.91 Å². The fourth-order valence-corrected chi connectivity index (χ4v) is 7.86. The van der Waals surface area contributed by atoms with E-state index in [0.29, 0.717) is 12.8 Å². The van der Waals surface area contributed by atoms with Crippen LogP contribution in [0.3, 0.4) is 0 Å². The molecule has 0 aromatic heterocycles. The first-order valence-electron chi connectivity index (χ1n) is 25.9. The second-order valence-corrected chi connectivity index (χ2v) is 17.7. The van der Waals surface area contributed by atoms with Crippen LogP contribution < -0.4 is 5.32 Å². The molecule has 0 aliphatic rings. The van der Waals surface area contributed by atoms with E-state index in [-0.39, 0.29) is 12.5 Å². The van der Waals surface area contributed by atoms with Crippen LogP contribution in [-0.4, -0.2) is 46.1 Å². The van der Waals surface area contributed by atoms with Crippen molar-refractivity contribution in [3.63, 3.8) is 0 Å². The number of nitrogens with one attached hydrogen (secondary N) is 1. The second kappa shape index (κ2) is 49.0. The lowest BCUT2D eigenvalue weighted by atomic mass is 10.0. The normalized spacial score (nSPS) is 13.8. The lowest BCUT2D eigenvalue weighted by molar-refractivity contribution is -0.124. The number of carbonyl (C=O) groups is 1. The predicted octanol–water partition coefficient (Wildman–Crippen LogP) is 15.7. The minimum absolute atomic E-state index is 0.165. The third-order valence-corrected chi connectivity index (χ3v) is 11.9. The van der Waals surface area contributed by atoms with E-state index in [1.807, 2.05) is 0 Å². The quantitative estimate of drug-likeness (QED) is 0.0363. The maximum absolute atomic E-state index is 12.5. The molecule has 0 aromatic carbocycles. The highest BCUT2D eigenvalue weighted by Crippen LogP contribution is 2.15. The molecule has 0 heterocycles. The van der Waals surface area contributed by atoms with Gasteiger partial charge in [0.1, 0.15) is 6.10 Å². The number of allylic oxidation sites excluding steroid dienone is 8. The minimum Gasteiger partial charge on any atom is -0.394 e. The third-order valence-electron chi connectivity index (χ3n) is 11.9. The summed E-state index contributed by atoms with van der Waals surface area (Å²) in [6.45, 7) is 4.18. The van der Waals surface area contributed by atoms with E-state index >= 15 is 0 Å². The van der Waals surface area contributed by atoms with Crippen LogP contribution in [0.1, 0.15) is 264 Å². The smallest absolute Gasteiger partial charge is 0.220 e. The largest absolute Gasteiger partial charge is 0.394 e. The van der Waals surface area contributed by atoms with Gasteiger partial charge in [-0.2, -0.15) is 0 Å². The zero-order chi connectivity index (χ0) is 43.0. The molecule has 4 N–H and O–H groups in total. The van der Waals surface area contributed by atoms with Crippen LogP contribution in [0.15, 0.2) is 48.6 Å². The van der Waals surface area contributed by atoms with Crippen molar-refractivity contribution < 1.29 is 20.1 Å². The third kappa shape index (κ3) is 44.2. The second-order valence-electron chi connectivity index (χ2n) is 17.7. The van der Waals surface area contributed by atoms with Gasteiger partial charge in [0, 0.05) is 6.42 Å². The average Bonchev–Trinajstić information content (AvgIpc) is 3.24. The highest BCUT2D eigenvalue weighted by atomic mass is 16.3. The van der Waals surface area contributed by atoms with Crippen molar-refractivity contribution in [3.05, 3.63) is 48.6 Å². The van der Waals surface area contributed by atoms with Crippen LogP contribution in [-0.2, 0) is 4.79 Å². The van der Waals surface area contributed by atoms with Crippen molar-refractivity contribution >= 4 is 5.91 Å². The van der Waals surface area contributed by atoms with Gasteiger partial charge in [-0.05, 0) is 83.5 Å². The highest BCUT2D eigenvalue weighted by Gasteiger charge is 2.26. The molecule has 346 valence electrons. The highest BCUT2D eigenvalue weighted by molar-refractivity contribution is 5.76. The minimum atomic E-state index is -1.17. The fourth-order valence-electron chi connectivity index (χ4n) is 7.86. The lowest BCUT2D eigenvalue weighted by Crippen LogP contribution is -2.50. The Morgan fingerprint density at radius 3 is 1.14 bits per heavy atom. The molecule has 0 bridgehead atoms. The number of aliphatic hydroxyl groups excluding tert-OH is 3. The number of unbranched alkanes of at least 4 members (excludes halogenated alkanes) is 31. The number of hydrogen-bond acceptors (Lipinski definition) is 4. The SMILES string of the molecule is CCCCCCCCCCC/C=C\C/C=C\CCCCCCCCCC(=O)NC(CO)C(O)C(O)CCC/C=C/CC/C=C/CCCCCCCCCCCCCCC. The van der Waals surface area contributed by atoms with E-state index in [1.165, 1.54) is 180 Å². The van der Waals surface area contributed by atoms with Crippen molar-refractivity contribution in [3.8, 4) is 0 Å². The summed E-state index contributed by atoms with van der Waals surface area (Å²) in [4.78, 5) is 12.5. The van der Waals surface area contributed by atoms with Crippen molar-refractivity contribution in [1.29, 1.82) is 0 Å². The van der Waals surface area contributed by atoms with E-state index < -0.39 is 18.2 Å². The first kappa shape index (κ1) is 57.3. The van der Waals surface area contributed by atoms with Gasteiger partial charge in [-0.25, -0.2) is 0 Å². The Morgan fingerprint density at radius 2 is 0.746 bits per heavy atom. The van der Waals surface area contributed by atoms with Gasteiger partial charge in [0.05, 0.1) is 18.8 Å². The van der Waals surface area contributed by atoms with E-state index in [9.17, 15) is 20.1 Å². The van der Waals surface area contributed by atoms with Gasteiger partial charge < -0.3 is 20.6 Å². The summed E-state index contributed by atoms with van der Waals surface area (Å²) in [5, 5.41) is 33.7. The molecule has 0 aliphatic carbocycles. The molecule has 0 radical (unpaired) electrons.